The summed E-state index contributed by atoms with van der Waals surface area (Å²) in [6, 6.07) is -0.597. The predicted octanol–water partition coefficient (Wildman–Crippen LogP) is 0.664. The Labute approximate surface area is 109 Å². The van der Waals surface area contributed by atoms with Gasteiger partial charge in [0.05, 0.1) is 12.5 Å². The van der Waals surface area contributed by atoms with Crippen LogP contribution < -0.4 is 16.8 Å². The molecule has 0 bridgehead atoms. The molecule has 1 aliphatic carbocycles. The SMILES string of the molecule is CCCC1CCC(NC(=O)C(N)CC(N)=O)CC1. The zero-order chi connectivity index (χ0) is 13.5. The van der Waals surface area contributed by atoms with Gasteiger partial charge in [0.1, 0.15) is 0 Å². The molecule has 0 aliphatic heterocycles. The Morgan fingerprint density at radius 2 is 1.89 bits per heavy atom. The summed E-state index contributed by atoms with van der Waals surface area (Å²) in [6.07, 6.45) is 6.79. The first-order valence-corrected chi connectivity index (χ1v) is 6.87. The number of carbonyl (C=O) groups excluding carboxylic acids is 2. The first-order valence-electron chi connectivity index (χ1n) is 6.87. The molecule has 0 aromatic carbocycles. The molecule has 5 nitrogen and oxygen atoms in total. The summed E-state index contributed by atoms with van der Waals surface area (Å²) < 4.78 is 0. The third-order valence-corrected chi connectivity index (χ3v) is 3.65. The van der Waals surface area contributed by atoms with Gasteiger partial charge in [0.2, 0.25) is 11.8 Å². The average molecular weight is 255 g/mol. The van der Waals surface area contributed by atoms with Crippen molar-refractivity contribution >= 4 is 11.8 Å². The van der Waals surface area contributed by atoms with E-state index in [9.17, 15) is 9.59 Å². The van der Waals surface area contributed by atoms with E-state index in [1.165, 1.54) is 25.7 Å². The quantitative estimate of drug-likeness (QED) is 0.650. The Bertz CT molecular complexity index is 286. The second kappa shape index (κ2) is 7.36. The number of carbonyl (C=O) groups is 2. The van der Waals surface area contributed by atoms with Gasteiger partial charge in [-0.25, -0.2) is 0 Å². The molecule has 0 spiro atoms. The molecule has 1 atom stereocenters. The number of rotatable bonds is 6. The normalized spacial score (nSPS) is 25.4. The van der Waals surface area contributed by atoms with Gasteiger partial charge in [0.15, 0.2) is 0 Å². The van der Waals surface area contributed by atoms with Gasteiger partial charge in [0, 0.05) is 6.04 Å². The smallest absolute Gasteiger partial charge is 0.237 e. The number of primary amides is 1. The molecule has 104 valence electrons. The molecule has 0 heterocycles. The standard InChI is InChI=1S/C13H25N3O2/c1-2-3-9-4-6-10(7-5-9)16-13(18)11(14)8-12(15)17/h9-11H,2-8,14H2,1H3,(H2,15,17)(H,16,18). The molecule has 1 unspecified atom stereocenters. The largest absolute Gasteiger partial charge is 0.370 e. The third kappa shape index (κ3) is 5.04. The van der Waals surface area contributed by atoms with Gasteiger partial charge in [0.25, 0.3) is 0 Å². The van der Waals surface area contributed by atoms with E-state index in [0.29, 0.717) is 0 Å². The van der Waals surface area contributed by atoms with Crippen molar-refractivity contribution in [3.8, 4) is 0 Å². The monoisotopic (exact) mass is 255 g/mol. The molecule has 1 rings (SSSR count). The van der Waals surface area contributed by atoms with Gasteiger partial charge < -0.3 is 16.8 Å². The first kappa shape index (κ1) is 15.0. The second-order valence-corrected chi connectivity index (χ2v) is 5.29. The van der Waals surface area contributed by atoms with E-state index in [2.05, 4.69) is 12.2 Å². The molecule has 18 heavy (non-hydrogen) atoms. The third-order valence-electron chi connectivity index (χ3n) is 3.65. The van der Waals surface area contributed by atoms with Crippen molar-refractivity contribution in [1.29, 1.82) is 0 Å². The van der Waals surface area contributed by atoms with Crippen molar-refractivity contribution < 1.29 is 9.59 Å². The summed E-state index contributed by atoms with van der Waals surface area (Å²) in [5, 5.41) is 2.91. The van der Waals surface area contributed by atoms with E-state index in [4.69, 9.17) is 11.5 Å². The highest BCUT2D eigenvalue weighted by Gasteiger charge is 2.24. The summed E-state index contributed by atoms with van der Waals surface area (Å²) in [4.78, 5) is 22.4. The molecule has 5 heteroatoms. The molecular formula is C13H25N3O2. The van der Waals surface area contributed by atoms with Crippen LogP contribution in [0.25, 0.3) is 0 Å². The summed E-state index contributed by atoms with van der Waals surface area (Å²) in [6.45, 7) is 2.21. The van der Waals surface area contributed by atoms with Gasteiger partial charge in [-0.15, -0.1) is 0 Å². The lowest BCUT2D eigenvalue weighted by atomic mass is 9.83. The molecule has 1 saturated carbocycles. The highest BCUT2D eigenvalue weighted by Crippen LogP contribution is 2.27. The Hall–Kier alpha value is -1.10. The minimum absolute atomic E-state index is 0.0863. The number of hydrogen-bond donors (Lipinski definition) is 3. The van der Waals surface area contributed by atoms with Gasteiger partial charge in [-0.2, -0.15) is 0 Å². The van der Waals surface area contributed by atoms with Crippen molar-refractivity contribution in [2.24, 2.45) is 17.4 Å². The summed E-state index contributed by atoms with van der Waals surface area (Å²) in [7, 11) is 0. The molecule has 0 saturated heterocycles. The van der Waals surface area contributed by atoms with Gasteiger partial charge in [-0.3, -0.25) is 9.59 Å². The van der Waals surface area contributed by atoms with Crippen molar-refractivity contribution in [2.45, 2.75) is 64.0 Å². The van der Waals surface area contributed by atoms with E-state index < -0.39 is 11.9 Å². The van der Waals surface area contributed by atoms with Crippen molar-refractivity contribution in [1.82, 2.24) is 5.32 Å². The molecule has 5 N–H and O–H groups in total. The Balaban J connectivity index is 2.27. The first-order chi connectivity index (χ1) is 8.52. The topological polar surface area (TPSA) is 98.2 Å². The van der Waals surface area contributed by atoms with Crippen LogP contribution in [-0.4, -0.2) is 23.9 Å². The molecule has 0 aromatic heterocycles. The van der Waals surface area contributed by atoms with Crippen LogP contribution in [0.2, 0.25) is 0 Å². The number of hydrogen-bond acceptors (Lipinski definition) is 3. The number of nitrogens with one attached hydrogen (secondary N) is 1. The highest BCUT2D eigenvalue weighted by molar-refractivity contribution is 5.87. The molecule has 2 amide bonds. The molecular weight excluding hydrogens is 230 g/mol. The van der Waals surface area contributed by atoms with E-state index in [0.717, 1.165) is 18.8 Å². The summed E-state index contributed by atoms with van der Waals surface area (Å²) >= 11 is 0. The van der Waals surface area contributed by atoms with Crippen molar-refractivity contribution in [2.75, 3.05) is 0 Å². The maximum absolute atomic E-state index is 11.7. The minimum Gasteiger partial charge on any atom is -0.370 e. The van der Waals surface area contributed by atoms with E-state index in [1.807, 2.05) is 0 Å². The lowest BCUT2D eigenvalue weighted by Crippen LogP contribution is -2.47. The van der Waals surface area contributed by atoms with Crippen LogP contribution in [0.15, 0.2) is 0 Å². The van der Waals surface area contributed by atoms with Crippen LogP contribution in [0.3, 0.4) is 0 Å². The van der Waals surface area contributed by atoms with E-state index >= 15 is 0 Å². The van der Waals surface area contributed by atoms with E-state index in [-0.39, 0.29) is 18.4 Å². The molecule has 0 aromatic rings. The maximum atomic E-state index is 11.7. The highest BCUT2D eigenvalue weighted by atomic mass is 16.2. The van der Waals surface area contributed by atoms with Crippen LogP contribution in [0.1, 0.15) is 51.9 Å². The lowest BCUT2D eigenvalue weighted by molar-refractivity contribution is -0.127. The Kier molecular flexibility index (Phi) is 6.12. The van der Waals surface area contributed by atoms with Crippen molar-refractivity contribution in [3.05, 3.63) is 0 Å². The summed E-state index contributed by atoms with van der Waals surface area (Å²) in [5.41, 5.74) is 10.6. The second-order valence-electron chi connectivity index (χ2n) is 5.29. The van der Waals surface area contributed by atoms with Gasteiger partial charge in [-0.05, 0) is 31.6 Å². The zero-order valence-corrected chi connectivity index (χ0v) is 11.2. The molecule has 1 aliphatic rings. The number of nitrogens with two attached hydrogens (primary N) is 2. The zero-order valence-electron chi connectivity index (χ0n) is 11.2. The fourth-order valence-electron chi connectivity index (χ4n) is 2.62. The minimum atomic E-state index is -0.809. The van der Waals surface area contributed by atoms with Crippen molar-refractivity contribution in [3.63, 3.8) is 0 Å². The summed E-state index contributed by atoms with van der Waals surface area (Å²) in [5.74, 6) is 0.0134. The molecule has 1 fully saturated rings. The van der Waals surface area contributed by atoms with Crippen LogP contribution in [-0.2, 0) is 9.59 Å². The molecule has 0 radical (unpaired) electrons. The van der Waals surface area contributed by atoms with Crippen LogP contribution in [0, 0.1) is 5.92 Å². The Morgan fingerprint density at radius 3 is 2.39 bits per heavy atom. The van der Waals surface area contributed by atoms with E-state index in [1.54, 1.807) is 0 Å². The predicted molar refractivity (Wildman–Crippen MR) is 70.6 cm³/mol. The lowest BCUT2D eigenvalue weighted by Gasteiger charge is -2.29. The van der Waals surface area contributed by atoms with Crippen LogP contribution >= 0.6 is 0 Å². The van der Waals surface area contributed by atoms with Crippen LogP contribution in [0.5, 0.6) is 0 Å². The van der Waals surface area contributed by atoms with Crippen LogP contribution in [0.4, 0.5) is 0 Å². The maximum Gasteiger partial charge on any atom is 0.237 e. The van der Waals surface area contributed by atoms with Gasteiger partial charge >= 0.3 is 0 Å². The Morgan fingerprint density at radius 1 is 1.28 bits per heavy atom. The van der Waals surface area contributed by atoms with Gasteiger partial charge in [-0.1, -0.05) is 19.8 Å². The fraction of sp³-hybridized carbons (Fsp3) is 0.846. The fourth-order valence-corrected chi connectivity index (χ4v) is 2.62. The number of amides is 2. The average Bonchev–Trinajstić information content (AvgIpc) is 2.31.